The van der Waals surface area contributed by atoms with E-state index in [2.05, 4.69) is 0 Å². The first-order valence-corrected chi connectivity index (χ1v) is 5.59. The molecule has 0 bridgehead atoms. The number of aliphatic hydroxyl groups is 1. The Labute approximate surface area is 96.6 Å². The fourth-order valence-corrected chi connectivity index (χ4v) is 1.45. The van der Waals surface area contributed by atoms with Gasteiger partial charge in [-0.15, -0.1) is 0 Å². The van der Waals surface area contributed by atoms with Crippen molar-refractivity contribution in [1.29, 1.82) is 0 Å². The molecule has 2 atom stereocenters. The van der Waals surface area contributed by atoms with Crippen LogP contribution in [-0.4, -0.2) is 17.0 Å². The minimum Gasteiger partial charge on any atom is -0.388 e. The molecule has 86 valence electrons. The second kappa shape index (κ2) is 6.23. The van der Waals surface area contributed by atoms with Gasteiger partial charge in [0.1, 0.15) is 5.78 Å². The predicted molar refractivity (Wildman–Crippen MR) is 65.9 cm³/mol. The zero-order chi connectivity index (χ0) is 12.0. The van der Waals surface area contributed by atoms with Crippen molar-refractivity contribution in [3.8, 4) is 0 Å². The molecule has 0 saturated carbocycles. The second-order valence-electron chi connectivity index (χ2n) is 3.87. The van der Waals surface area contributed by atoms with Crippen molar-refractivity contribution >= 4 is 11.9 Å². The summed E-state index contributed by atoms with van der Waals surface area (Å²) in [5.41, 5.74) is 1.03. The van der Waals surface area contributed by atoms with Crippen LogP contribution in [0.4, 0.5) is 0 Å². The van der Waals surface area contributed by atoms with Crippen LogP contribution in [0.25, 0.3) is 6.08 Å². The lowest BCUT2D eigenvalue weighted by Gasteiger charge is -2.12. The summed E-state index contributed by atoms with van der Waals surface area (Å²) in [7, 11) is 0. The van der Waals surface area contributed by atoms with Crippen LogP contribution >= 0.6 is 0 Å². The molecule has 0 spiro atoms. The first kappa shape index (κ1) is 12.7. The van der Waals surface area contributed by atoms with Gasteiger partial charge >= 0.3 is 0 Å². The molecule has 0 aromatic heterocycles. The molecule has 0 amide bonds. The van der Waals surface area contributed by atoms with Gasteiger partial charge in [-0.2, -0.15) is 0 Å². The van der Waals surface area contributed by atoms with E-state index in [1.165, 1.54) is 0 Å². The summed E-state index contributed by atoms with van der Waals surface area (Å²) in [5.74, 6) is -0.241. The van der Waals surface area contributed by atoms with E-state index in [1.54, 1.807) is 13.0 Å². The molecule has 0 aliphatic carbocycles. The SMILES string of the molecule is CCC(=O)C(C)C(O)/C=C/c1ccccc1. The third kappa shape index (κ3) is 3.63. The Balaban J connectivity index is 2.61. The van der Waals surface area contributed by atoms with Gasteiger partial charge in [-0.3, -0.25) is 4.79 Å². The average Bonchev–Trinajstić information content (AvgIpc) is 2.35. The van der Waals surface area contributed by atoms with E-state index < -0.39 is 6.10 Å². The van der Waals surface area contributed by atoms with Crippen molar-refractivity contribution in [1.82, 2.24) is 0 Å². The molecule has 0 aliphatic rings. The van der Waals surface area contributed by atoms with Gasteiger partial charge < -0.3 is 5.11 Å². The lowest BCUT2D eigenvalue weighted by atomic mass is 9.97. The predicted octanol–water partition coefficient (Wildman–Crippen LogP) is 2.68. The summed E-state index contributed by atoms with van der Waals surface area (Å²) in [5, 5.41) is 9.77. The van der Waals surface area contributed by atoms with Crippen LogP contribution in [0.3, 0.4) is 0 Å². The van der Waals surface area contributed by atoms with Gasteiger partial charge in [0.15, 0.2) is 0 Å². The van der Waals surface area contributed by atoms with Crippen LogP contribution in [0.2, 0.25) is 0 Å². The molecule has 1 N–H and O–H groups in total. The lowest BCUT2D eigenvalue weighted by molar-refractivity contribution is -0.124. The van der Waals surface area contributed by atoms with Gasteiger partial charge in [-0.05, 0) is 5.56 Å². The standard InChI is InChI=1S/C14H18O2/c1-3-13(15)11(2)14(16)10-9-12-7-5-4-6-8-12/h4-11,14,16H,3H2,1-2H3/b10-9+. The van der Waals surface area contributed by atoms with Crippen molar-refractivity contribution in [2.24, 2.45) is 5.92 Å². The molecular weight excluding hydrogens is 200 g/mol. The molecule has 0 heterocycles. The molecule has 0 saturated heterocycles. The molecule has 0 fully saturated rings. The van der Waals surface area contributed by atoms with Crippen LogP contribution < -0.4 is 0 Å². The van der Waals surface area contributed by atoms with E-state index >= 15 is 0 Å². The third-order valence-corrected chi connectivity index (χ3v) is 2.65. The van der Waals surface area contributed by atoms with Crippen molar-refractivity contribution < 1.29 is 9.90 Å². The summed E-state index contributed by atoms with van der Waals surface area (Å²) >= 11 is 0. The first-order chi connectivity index (χ1) is 7.65. The van der Waals surface area contributed by atoms with Crippen molar-refractivity contribution in [3.63, 3.8) is 0 Å². The Morgan fingerprint density at radius 1 is 1.38 bits per heavy atom. The van der Waals surface area contributed by atoms with Crippen LogP contribution in [-0.2, 0) is 4.79 Å². The fraction of sp³-hybridized carbons (Fsp3) is 0.357. The maximum absolute atomic E-state index is 11.4. The van der Waals surface area contributed by atoms with Crippen molar-refractivity contribution in [3.05, 3.63) is 42.0 Å². The summed E-state index contributed by atoms with van der Waals surface area (Å²) in [6.45, 7) is 3.57. The van der Waals surface area contributed by atoms with Gasteiger partial charge in [0.05, 0.1) is 6.10 Å². The Hall–Kier alpha value is -1.41. The Bertz CT molecular complexity index is 354. The van der Waals surface area contributed by atoms with Crippen molar-refractivity contribution in [2.45, 2.75) is 26.4 Å². The smallest absolute Gasteiger partial charge is 0.138 e. The molecule has 2 unspecified atom stereocenters. The Morgan fingerprint density at radius 2 is 2.00 bits per heavy atom. The highest BCUT2D eigenvalue weighted by Gasteiger charge is 2.17. The van der Waals surface area contributed by atoms with Gasteiger partial charge in [-0.1, -0.05) is 56.3 Å². The highest BCUT2D eigenvalue weighted by Crippen LogP contribution is 2.10. The van der Waals surface area contributed by atoms with E-state index in [-0.39, 0.29) is 11.7 Å². The van der Waals surface area contributed by atoms with E-state index in [0.717, 1.165) is 5.56 Å². The minimum absolute atomic E-state index is 0.0882. The number of aliphatic hydroxyl groups excluding tert-OH is 1. The highest BCUT2D eigenvalue weighted by molar-refractivity contribution is 5.81. The van der Waals surface area contributed by atoms with E-state index in [0.29, 0.717) is 6.42 Å². The molecule has 2 nitrogen and oxygen atoms in total. The second-order valence-corrected chi connectivity index (χ2v) is 3.87. The number of carbonyl (C=O) groups is 1. The minimum atomic E-state index is -0.701. The van der Waals surface area contributed by atoms with E-state index in [4.69, 9.17) is 0 Å². The normalized spacial score (nSPS) is 14.9. The van der Waals surface area contributed by atoms with Gasteiger partial charge in [-0.25, -0.2) is 0 Å². The summed E-state index contributed by atoms with van der Waals surface area (Å²) < 4.78 is 0. The molecule has 1 aromatic rings. The van der Waals surface area contributed by atoms with Crippen LogP contribution in [0.15, 0.2) is 36.4 Å². The summed E-state index contributed by atoms with van der Waals surface area (Å²) in [4.78, 5) is 11.4. The van der Waals surface area contributed by atoms with Gasteiger partial charge in [0.25, 0.3) is 0 Å². The molecule has 0 radical (unpaired) electrons. The zero-order valence-electron chi connectivity index (χ0n) is 9.76. The largest absolute Gasteiger partial charge is 0.388 e. The first-order valence-electron chi connectivity index (χ1n) is 5.59. The molecule has 16 heavy (non-hydrogen) atoms. The molecule has 1 rings (SSSR count). The van der Waals surface area contributed by atoms with Crippen LogP contribution in [0.1, 0.15) is 25.8 Å². The maximum atomic E-state index is 11.4. The van der Waals surface area contributed by atoms with Gasteiger partial charge in [0, 0.05) is 12.3 Å². The quantitative estimate of drug-likeness (QED) is 0.825. The van der Waals surface area contributed by atoms with Gasteiger partial charge in [0.2, 0.25) is 0 Å². The fourth-order valence-electron chi connectivity index (χ4n) is 1.45. The summed E-state index contributed by atoms with van der Waals surface area (Å²) in [6.07, 6.45) is 3.28. The van der Waals surface area contributed by atoms with Crippen molar-refractivity contribution in [2.75, 3.05) is 0 Å². The number of carbonyl (C=O) groups excluding carboxylic acids is 1. The highest BCUT2D eigenvalue weighted by atomic mass is 16.3. The van der Waals surface area contributed by atoms with E-state index in [1.807, 2.05) is 43.3 Å². The number of hydrogen-bond donors (Lipinski definition) is 1. The monoisotopic (exact) mass is 218 g/mol. The number of Topliss-reactive ketones (excluding diaryl/α,β-unsaturated/α-hetero) is 1. The zero-order valence-corrected chi connectivity index (χ0v) is 9.76. The number of ketones is 1. The number of hydrogen-bond acceptors (Lipinski definition) is 2. The van der Waals surface area contributed by atoms with Crippen LogP contribution in [0.5, 0.6) is 0 Å². The molecule has 1 aromatic carbocycles. The third-order valence-electron chi connectivity index (χ3n) is 2.65. The van der Waals surface area contributed by atoms with E-state index in [9.17, 15) is 9.90 Å². The Kier molecular flexibility index (Phi) is 4.93. The topological polar surface area (TPSA) is 37.3 Å². The summed E-state index contributed by atoms with van der Waals surface area (Å²) in [6, 6.07) is 9.72. The number of rotatable bonds is 5. The molecular formula is C14H18O2. The Morgan fingerprint density at radius 3 is 2.56 bits per heavy atom. The number of benzene rings is 1. The lowest BCUT2D eigenvalue weighted by Crippen LogP contribution is -2.23. The molecule has 0 aliphatic heterocycles. The maximum Gasteiger partial charge on any atom is 0.138 e. The molecule has 2 heteroatoms. The average molecular weight is 218 g/mol. The van der Waals surface area contributed by atoms with Crippen LogP contribution in [0, 0.1) is 5.92 Å².